The van der Waals surface area contributed by atoms with Crippen LogP contribution in [0.15, 0.2) is 0 Å². The lowest BCUT2D eigenvalue weighted by Gasteiger charge is -2.28. The summed E-state index contributed by atoms with van der Waals surface area (Å²) < 4.78 is 30.7. The second-order valence-electron chi connectivity index (χ2n) is 2.92. The van der Waals surface area contributed by atoms with Gasteiger partial charge in [0.2, 0.25) is 0 Å². The topological polar surface area (TPSA) is 81.9 Å². The van der Waals surface area contributed by atoms with E-state index >= 15 is 0 Å². The highest BCUT2D eigenvalue weighted by molar-refractivity contribution is 7.82. The summed E-state index contributed by atoms with van der Waals surface area (Å²) in [4.78, 5) is 0. The molecule has 6 nitrogen and oxygen atoms in total. The number of hydrogen-bond acceptors (Lipinski definition) is 6. The average molecular weight is 194 g/mol. The summed E-state index contributed by atoms with van der Waals surface area (Å²) in [5.41, 5.74) is 5.63. The maximum atomic E-state index is 10.8. The molecule has 0 aromatic heterocycles. The second-order valence-corrected chi connectivity index (χ2v) is 4.07. The number of hydroxylamine groups is 2. The van der Waals surface area contributed by atoms with Crippen molar-refractivity contribution in [2.45, 2.75) is 25.1 Å². The van der Waals surface area contributed by atoms with Crippen molar-refractivity contribution in [1.82, 2.24) is 5.06 Å². The lowest BCUT2D eigenvalue weighted by molar-refractivity contribution is -0.122. The maximum Gasteiger partial charge on any atom is 0.418 e. The van der Waals surface area contributed by atoms with Crippen molar-refractivity contribution < 1.29 is 16.9 Å². The number of nitrogens with two attached hydrogens (primary N) is 1. The Morgan fingerprint density at radius 2 is 2.25 bits per heavy atom. The molecule has 2 rings (SSSR count). The first-order valence-corrected chi connectivity index (χ1v) is 5.07. The first-order valence-electron chi connectivity index (χ1n) is 3.73. The van der Waals surface area contributed by atoms with Crippen LogP contribution in [0.1, 0.15) is 12.8 Å². The molecule has 0 aromatic carbocycles. The average Bonchev–Trinajstić information content (AvgIpc) is 2.25. The van der Waals surface area contributed by atoms with Crippen LogP contribution >= 0.6 is 0 Å². The molecule has 0 bridgehead atoms. The van der Waals surface area contributed by atoms with Gasteiger partial charge in [-0.25, -0.2) is 4.18 Å². The van der Waals surface area contributed by atoms with E-state index in [2.05, 4.69) is 8.47 Å². The minimum atomic E-state index is -3.82. The number of rotatable bonds is 0. The lowest BCUT2D eigenvalue weighted by atomic mass is 10.1. The number of hydrogen-bond donors (Lipinski definition) is 1. The third-order valence-electron chi connectivity index (χ3n) is 1.97. The standard InChI is InChI=1S/C5H10N2O4S/c6-4-2-1-3-7-5(4)10-12(8,9)11-7/h4-5H,1-3,6H2/t4-,5?/m0/s1. The fourth-order valence-corrected chi connectivity index (χ4v) is 2.33. The molecule has 2 aliphatic rings. The molecule has 0 radical (unpaired) electrons. The van der Waals surface area contributed by atoms with Gasteiger partial charge in [0, 0.05) is 12.6 Å². The van der Waals surface area contributed by atoms with Gasteiger partial charge in [-0.15, -0.1) is 5.06 Å². The van der Waals surface area contributed by atoms with Gasteiger partial charge in [0.25, 0.3) is 0 Å². The van der Waals surface area contributed by atoms with Crippen LogP contribution in [0.4, 0.5) is 0 Å². The first kappa shape index (κ1) is 8.39. The Morgan fingerprint density at radius 3 is 2.92 bits per heavy atom. The van der Waals surface area contributed by atoms with Crippen molar-refractivity contribution in [3.05, 3.63) is 0 Å². The van der Waals surface area contributed by atoms with Gasteiger partial charge in [0.05, 0.1) is 0 Å². The van der Waals surface area contributed by atoms with E-state index in [9.17, 15) is 8.42 Å². The molecule has 0 aliphatic carbocycles. The predicted octanol–water partition coefficient (Wildman–Crippen LogP) is -1.06. The third kappa shape index (κ3) is 1.34. The molecule has 2 heterocycles. The Hall–Kier alpha value is -0.210. The normalized spacial score (nSPS) is 41.1. The Labute approximate surface area is 70.5 Å². The highest BCUT2D eigenvalue weighted by Crippen LogP contribution is 2.26. The van der Waals surface area contributed by atoms with Crippen molar-refractivity contribution in [2.75, 3.05) is 6.54 Å². The Morgan fingerprint density at radius 1 is 1.50 bits per heavy atom. The molecule has 2 saturated heterocycles. The molecule has 2 fully saturated rings. The monoisotopic (exact) mass is 194 g/mol. The van der Waals surface area contributed by atoms with Gasteiger partial charge in [-0.05, 0) is 12.8 Å². The van der Waals surface area contributed by atoms with E-state index in [4.69, 9.17) is 5.73 Å². The molecule has 0 saturated carbocycles. The zero-order valence-electron chi connectivity index (χ0n) is 6.34. The minimum Gasteiger partial charge on any atom is -0.324 e. The van der Waals surface area contributed by atoms with E-state index in [1.54, 1.807) is 0 Å². The van der Waals surface area contributed by atoms with Gasteiger partial charge in [-0.2, -0.15) is 12.7 Å². The highest BCUT2D eigenvalue weighted by atomic mass is 32.3. The van der Waals surface area contributed by atoms with Crippen LogP contribution in [0.25, 0.3) is 0 Å². The van der Waals surface area contributed by atoms with Gasteiger partial charge < -0.3 is 5.73 Å². The first-order chi connectivity index (χ1) is 5.58. The predicted molar refractivity (Wildman–Crippen MR) is 38.8 cm³/mol. The van der Waals surface area contributed by atoms with Gasteiger partial charge >= 0.3 is 10.4 Å². The molecule has 2 atom stereocenters. The van der Waals surface area contributed by atoms with Crippen molar-refractivity contribution in [3.63, 3.8) is 0 Å². The molecule has 2 N–H and O–H groups in total. The molecule has 0 spiro atoms. The lowest BCUT2D eigenvalue weighted by Crippen LogP contribution is -2.48. The van der Waals surface area contributed by atoms with Crippen molar-refractivity contribution in [1.29, 1.82) is 0 Å². The minimum absolute atomic E-state index is 0.281. The summed E-state index contributed by atoms with van der Waals surface area (Å²) >= 11 is 0. The van der Waals surface area contributed by atoms with Gasteiger partial charge in [-0.3, -0.25) is 0 Å². The Balaban J connectivity index is 2.19. The van der Waals surface area contributed by atoms with E-state index in [-0.39, 0.29) is 6.04 Å². The summed E-state index contributed by atoms with van der Waals surface area (Å²) in [5, 5.41) is 1.28. The fraction of sp³-hybridized carbons (Fsp3) is 1.00. The van der Waals surface area contributed by atoms with Crippen LogP contribution in [0.5, 0.6) is 0 Å². The zero-order valence-corrected chi connectivity index (χ0v) is 7.16. The van der Waals surface area contributed by atoms with Crippen LogP contribution in [0.2, 0.25) is 0 Å². The molecule has 0 aromatic rings. The summed E-state index contributed by atoms with van der Waals surface area (Å²) in [6, 6.07) is -0.281. The summed E-state index contributed by atoms with van der Waals surface area (Å²) in [6.07, 6.45) is 0.972. The maximum absolute atomic E-state index is 10.8. The van der Waals surface area contributed by atoms with E-state index < -0.39 is 16.6 Å². The van der Waals surface area contributed by atoms with Gasteiger partial charge in [0.15, 0.2) is 6.23 Å². The van der Waals surface area contributed by atoms with Crippen LogP contribution in [-0.2, 0) is 18.9 Å². The van der Waals surface area contributed by atoms with E-state index in [1.165, 1.54) is 5.06 Å². The summed E-state index contributed by atoms with van der Waals surface area (Å²) in [6.45, 7) is 0.553. The van der Waals surface area contributed by atoms with Crippen LogP contribution in [0.3, 0.4) is 0 Å². The van der Waals surface area contributed by atoms with E-state index in [0.29, 0.717) is 6.54 Å². The van der Waals surface area contributed by atoms with Crippen molar-refractivity contribution in [3.8, 4) is 0 Å². The van der Waals surface area contributed by atoms with Crippen LogP contribution in [-0.4, -0.2) is 32.3 Å². The van der Waals surface area contributed by atoms with Crippen LogP contribution in [0, 0.1) is 0 Å². The number of nitrogens with zero attached hydrogens (tertiary/aromatic N) is 1. The zero-order chi connectivity index (χ0) is 8.77. The smallest absolute Gasteiger partial charge is 0.324 e. The molecule has 2 aliphatic heterocycles. The molecule has 7 heteroatoms. The second kappa shape index (κ2) is 2.64. The third-order valence-corrected chi connectivity index (χ3v) is 2.78. The number of fused-ring (bicyclic) bond motifs is 1. The Kier molecular flexibility index (Phi) is 1.85. The van der Waals surface area contributed by atoms with Crippen molar-refractivity contribution >= 4 is 10.4 Å². The summed E-state index contributed by atoms with van der Waals surface area (Å²) in [7, 11) is -3.82. The highest BCUT2D eigenvalue weighted by Gasteiger charge is 2.43. The van der Waals surface area contributed by atoms with E-state index in [0.717, 1.165) is 12.8 Å². The largest absolute Gasteiger partial charge is 0.418 e. The molecule has 12 heavy (non-hydrogen) atoms. The fourth-order valence-electron chi connectivity index (χ4n) is 1.42. The summed E-state index contributed by atoms with van der Waals surface area (Å²) in [5.74, 6) is 0. The molecule has 70 valence electrons. The Bertz CT molecular complexity index is 277. The molecular formula is C5H10N2O4S. The number of piperidine rings is 1. The van der Waals surface area contributed by atoms with Gasteiger partial charge in [-0.1, -0.05) is 0 Å². The van der Waals surface area contributed by atoms with Crippen LogP contribution < -0.4 is 5.73 Å². The molecular weight excluding hydrogens is 184 g/mol. The molecule has 0 amide bonds. The molecule has 1 unspecified atom stereocenters. The SMILES string of the molecule is N[C@H]1CCCN2OS(=O)(=O)OC12. The van der Waals surface area contributed by atoms with Gasteiger partial charge in [0.1, 0.15) is 0 Å². The van der Waals surface area contributed by atoms with Crippen molar-refractivity contribution in [2.24, 2.45) is 5.73 Å². The quantitative estimate of drug-likeness (QED) is 0.529. The van der Waals surface area contributed by atoms with E-state index in [1.807, 2.05) is 0 Å².